The summed E-state index contributed by atoms with van der Waals surface area (Å²) in [5, 5.41) is 0. The highest BCUT2D eigenvalue weighted by Gasteiger charge is 2.25. The largest absolute Gasteiger partial charge is 0.298 e. The van der Waals surface area contributed by atoms with E-state index in [4.69, 9.17) is 0 Å². The van der Waals surface area contributed by atoms with Crippen LogP contribution in [0.5, 0.6) is 0 Å². The second-order valence-electron chi connectivity index (χ2n) is 4.23. The molecule has 0 saturated heterocycles. The molecule has 0 N–H and O–H groups in total. The number of halogens is 1. The lowest BCUT2D eigenvalue weighted by Gasteiger charge is -2.15. The number of hydrogen-bond acceptors (Lipinski definition) is 1. The fourth-order valence-electron chi connectivity index (χ4n) is 2.33. The van der Waals surface area contributed by atoms with E-state index in [0.717, 1.165) is 32.0 Å². The lowest BCUT2D eigenvalue weighted by Crippen LogP contribution is -2.04. The van der Waals surface area contributed by atoms with Crippen molar-refractivity contribution >= 4 is 6.29 Å². The predicted molar refractivity (Wildman–Crippen MR) is 57.6 cm³/mol. The summed E-state index contributed by atoms with van der Waals surface area (Å²) >= 11 is 0. The van der Waals surface area contributed by atoms with Crippen molar-refractivity contribution in [3.8, 4) is 0 Å². The van der Waals surface area contributed by atoms with Crippen molar-refractivity contribution < 1.29 is 9.18 Å². The minimum absolute atomic E-state index is 0.159. The van der Waals surface area contributed by atoms with Crippen LogP contribution in [0.1, 0.15) is 47.8 Å². The molecule has 2 rings (SSSR count). The van der Waals surface area contributed by atoms with Gasteiger partial charge in [0.2, 0.25) is 0 Å². The second-order valence-corrected chi connectivity index (χ2v) is 4.23. The molecule has 0 bridgehead atoms. The van der Waals surface area contributed by atoms with E-state index in [2.05, 4.69) is 0 Å². The third-order valence-corrected chi connectivity index (χ3v) is 3.18. The van der Waals surface area contributed by atoms with Gasteiger partial charge in [-0.25, -0.2) is 4.39 Å². The molecule has 2 heteroatoms. The minimum atomic E-state index is -0.896. The molecule has 1 atom stereocenters. The van der Waals surface area contributed by atoms with E-state index in [9.17, 15) is 9.18 Å². The zero-order chi connectivity index (χ0) is 10.7. The van der Waals surface area contributed by atoms with Crippen LogP contribution in [0.3, 0.4) is 0 Å². The average Bonchev–Trinajstić information content (AvgIpc) is 2.81. The summed E-state index contributed by atoms with van der Waals surface area (Å²) in [5.41, 5.74) is 1.22. The first-order valence-electron chi connectivity index (χ1n) is 5.50. The Balaban J connectivity index is 2.16. The zero-order valence-electron chi connectivity index (χ0n) is 8.66. The van der Waals surface area contributed by atoms with E-state index in [1.807, 2.05) is 0 Å². The van der Waals surface area contributed by atoms with Gasteiger partial charge in [-0.1, -0.05) is 31.0 Å². The predicted octanol–water partition coefficient (Wildman–Crippen LogP) is 3.70. The smallest absolute Gasteiger partial charge is 0.150 e. The fourth-order valence-corrected chi connectivity index (χ4v) is 2.33. The first-order valence-corrected chi connectivity index (χ1v) is 5.50. The van der Waals surface area contributed by atoms with Gasteiger partial charge in [0, 0.05) is 5.56 Å². The van der Waals surface area contributed by atoms with Crippen LogP contribution in [0, 0.1) is 5.92 Å². The monoisotopic (exact) mass is 206 g/mol. The third kappa shape index (κ3) is 2.25. The molecule has 1 aromatic carbocycles. The first-order chi connectivity index (χ1) is 7.31. The highest BCUT2D eigenvalue weighted by Crippen LogP contribution is 2.38. The molecule has 0 spiro atoms. The van der Waals surface area contributed by atoms with Crippen LogP contribution in [-0.2, 0) is 0 Å². The van der Waals surface area contributed by atoms with Crippen LogP contribution >= 0.6 is 0 Å². The van der Waals surface area contributed by atoms with E-state index in [1.54, 1.807) is 24.3 Å². The summed E-state index contributed by atoms with van der Waals surface area (Å²) in [5.74, 6) is 0.159. The second kappa shape index (κ2) is 4.56. The van der Waals surface area contributed by atoms with Gasteiger partial charge in [0.05, 0.1) is 0 Å². The van der Waals surface area contributed by atoms with Crippen molar-refractivity contribution in [2.75, 3.05) is 0 Å². The summed E-state index contributed by atoms with van der Waals surface area (Å²) in [6.07, 6.45) is 4.10. The van der Waals surface area contributed by atoms with Gasteiger partial charge in [0.25, 0.3) is 0 Å². The molecular weight excluding hydrogens is 191 g/mol. The van der Waals surface area contributed by atoms with Crippen molar-refractivity contribution in [1.29, 1.82) is 0 Å². The quantitative estimate of drug-likeness (QED) is 0.689. The van der Waals surface area contributed by atoms with Gasteiger partial charge in [-0.05, 0) is 30.4 Å². The van der Waals surface area contributed by atoms with Gasteiger partial charge in [-0.15, -0.1) is 0 Å². The van der Waals surface area contributed by atoms with Crippen molar-refractivity contribution in [3.63, 3.8) is 0 Å². The summed E-state index contributed by atoms with van der Waals surface area (Å²) in [6, 6.07) is 6.89. The summed E-state index contributed by atoms with van der Waals surface area (Å²) < 4.78 is 14.0. The third-order valence-electron chi connectivity index (χ3n) is 3.18. The van der Waals surface area contributed by atoms with E-state index in [0.29, 0.717) is 11.1 Å². The van der Waals surface area contributed by atoms with Crippen molar-refractivity contribution in [2.45, 2.75) is 31.9 Å². The highest BCUT2D eigenvalue weighted by molar-refractivity contribution is 5.74. The van der Waals surface area contributed by atoms with Crippen molar-refractivity contribution in [2.24, 2.45) is 5.92 Å². The van der Waals surface area contributed by atoms with Gasteiger partial charge >= 0.3 is 0 Å². The molecule has 80 valence electrons. The molecule has 1 aliphatic carbocycles. The standard InChI is InChI=1S/C13H15FO/c14-13(11-5-1-2-6-11)12-7-3-4-10(8-12)9-15/h3-4,7-9,11,13H,1-2,5-6H2. The number of hydrogen-bond donors (Lipinski definition) is 0. The molecule has 1 saturated carbocycles. The molecule has 0 aliphatic heterocycles. The maximum absolute atomic E-state index is 14.0. The lowest BCUT2D eigenvalue weighted by molar-refractivity contribution is 0.112. The maximum atomic E-state index is 14.0. The number of benzene rings is 1. The van der Waals surface area contributed by atoms with Gasteiger partial charge < -0.3 is 0 Å². The van der Waals surface area contributed by atoms with Gasteiger partial charge in [0.15, 0.2) is 0 Å². The number of carbonyl (C=O) groups excluding carboxylic acids is 1. The average molecular weight is 206 g/mol. The highest BCUT2D eigenvalue weighted by atomic mass is 19.1. The van der Waals surface area contributed by atoms with Gasteiger partial charge in [0.1, 0.15) is 12.5 Å². The van der Waals surface area contributed by atoms with E-state index in [-0.39, 0.29) is 5.92 Å². The van der Waals surface area contributed by atoms with Crippen LogP contribution < -0.4 is 0 Å². The Morgan fingerprint density at radius 1 is 1.33 bits per heavy atom. The molecule has 1 fully saturated rings. The van der Waals surface area contributed by atoms with Gasteiger partial charge in [-0.2, -0.15) is 0 Å². The molecule has 1 nitrogen and oxygen atoms in total. The SMILES string of the molecule is O=Cc1cccc(C(F)C2CCCC2)c1. The molecule has 1 aromatic rings. The van der Waals surface area contributed by atoms with E-state index in [1.165, 1.54) is 0 Å². The maximum Gasteiger partial charge on any atom is 0.150 e. The zero-order valence-corrected chi connectivity index (χ0v) is 8.66. The summed E-state index contributed by atoms with van der Waals surface area (Å²) in [6.45, 7) is 0. The molecular formula is C13H15FO. The van der Waals surface area contributed by atoms with Crippen LogP contribution in [0.15, 0.2) is 24.3 Å². The van der Waals surface area contributed by atoms with Crippen LogP contribution in [0.4, 0.5) is 4.39 Å². The molecule has 1 aliphatic rings. The normalized spacial score (nSPS) is 19.0. The molecule has 0 amide bonds. The summed E-state index contributed by atoms with van der Waals surface area (Å²) in [7, 11) is 0. The topological polar surface area (TPSA) is 17.1 Å². The molecule has 15 heavy (non-hydrogen) atoms. The Bertz CT molecular complexity index is 342. The molecule has 0 radical (unpaired) electrons. The van der Waals surface area contributed by atoms with Crippen molar-refractivity contribution in [3.05, 3.63) is 35.4 Å². The van der Waals surface area contributed by atoms with Gasteiger partial charge in [-0.3, -0.25) is 4.79 Å². The number of alkyl halides is 1. The number of rotatable bonds is 3. The van der Waals surface area contributed by atoms with Crippen LogP contribution in [-0.4, -0.2) is 6.29 Å². The van der Waals surface area contributed by atoms with Crippen molar-refractivity contribution in [1.82, 2.24) is 0 Å². The first kappa shape index (κ1) is 10.3. The van der Waals surface area contributed by atoms with E-state index < -0.39 is 6.17 Å². The summed E-state index contributed by atoms with van der Waals surface area (Å²) in [4.78, 5) is 10.6. The molecule has 1 unspecified atom stereocenters. The minimum Gasteiger partial charge on any atom is -0.298 e. The van der Waals surface area contributed by atoms with E-state index >= 15 is 0 Å². The Kier molecular flexibility index (Phi) is 3.14. The Morgan fingerprint density at radius 2 is 2.07 bits per heavy atom. The lowest BCUT2D eigenvalue weighted by atomic mass is 9.95. The molecule has 0 heterocycles. The Hall–Kier alpha value is -1.18. The van der Waals surface area contributed by atoms with Crippen LogP contribution in [0.2, 0.25) is 0 Å². The fraction of sp³-hybridized carbons (Fsp3) is 0.462. The molecule has 0 aromatic heterocycles. The Labute approximate surface area is 89.3 Å². The number of carbonyl (C=O) groups is 1. The van der Waals surface area contributed by atoms with Crippen LogP contribution in [0.25, 0.3) is 0 Å². The number of aldehydes is 1. The Morgan fingerprint density at radius 3 is 2.73 bits per heavy atom.